The quantitative estimate of drug-likeness (QED) is 0.502. The van der Waals surface area contributed by atoms with E-state index >= 15 is 0 Å². The fourth-order valence-corrected chi connectivity index (χ4v) is 4.02. The summed E-state index contributed by atoms with van der Waals surface area (Å²) in [6.07, 6.45) is 16.0. The maximum atomic E-state index is 12.4. The smallest absolute Gasteiger partial charge is 0.309 e. The lowest BCUT2D eigenvalue weighted by Crippen LogP contribution is -2.29. The molecule has 0 bridgehead atoms. The molecule has 0 N–H and O–H groups in total. The van der Waals surface area contributed by atoms with Gasteiger partial charge in [0.2, 0.25) is 0 Å². The van der Waals surface area contributed by atoms with Gasteiger partial charge in [-0.25, -0.2) is 0 Å². The van der Waals surface area contributed by atoms with Crippen LogP contribution in [0.15, 0.2) is 12.2 Å². The molecule has 0 aromatic carbocycles. The van der Waals surface area contributed by atoms with Crippen LogP contribution in [0.1, 0.15) is 77.6 Å². The lowest BCUT2D eigenvalue weighted by Gasteiger charge is -2.31. The van der Waals surface area contributed by atoms with Crippen molar-refractivity contribution in [2.75, 3.05) is 0 Å². The van der Waals surface area contributed by atoms with Gasteiger partial charge in [0.05, 0.1) is 12.0 Å². The average Bonchev–Trinajstić information content (AvgIpc) is 2.59. The Kier molecular flexibility index (Phi) is 7.65. The van der Waals surface area contributed by atoms with E-state index < -0.39 is 0 Å². The highest BCUT2D eigenvalue weighted by molar-refractivity contribution is 5.72. The number of allylic oxidation sites excluding steroid dienone is 2. The van der Waals surface area contributed by atoms with E-state index in [0.717, 1.165) is 44.4 Å². The van der Waals surface area contributed by atoms with Crippen molar-refractivity contribution >= 4 is 5.97 Å². The Morgan fingerprint density at radius 3 is 2.43 bits per heavy atom. The summed E-state index contributed by atoms with van der Waals surface area (Å²) in [4.78, 5) is 12.4. The number of nitrogens with zero attached hydrogens (tertiary/aromatic N) is 1. The summed E-state index contributed by atoms with van der Waals surface area (Å²) < 4.78 is 5.77. The summed E-state index contributed by atoms with van der Waals surface area (Å²) in [5.41, 5.74) is 0. The number of carbonyl (C=O) groups excluding carboxylic acids is 1. The summed E-state index contributed by atoms with van der Waals surface area (Å²) in [5.74, 6) is 1.51. The topological polar surface area (TPSA) is 50.1 Å². The summed E-state index contributed by atoms with van der Waals surface area (Å²) in [7, 11) is 0. The molecule has 0 spiro atoms. The fraction of sp³-hybridized carbons (Fsp3) is 0.800. The Labute approximate surface area is 141 Å². The van der Waals surface area contributed by atoms with Crippen LogP contribution >= 0.6 is 0 Å². The molecule has 0 atom stereocenters. The van der Waals surface area contributed by atoms with Gasteiger partial charge in [0.25, 0.3) is 0 Å². The number of nitriles is 1. The third-order valence-corrected chi connectivity index (χ3v) is 5.59. The van der Waals surface area contributed by atoms with Crippen molar-refractivity contribution in [2.24, 2.45) is 17.8 Å². The maximum absolute atomic E-state index is 12.4. The monoisotopic (exact) mass is 317 g/mol. The third-order valence-electron chi connectivity index (χ3n) is 5.59. The molecule has 3 heteroatoms. The second-order valence-corrected chi connectivity index (χ2v) is 7.32. The number of esters is 1. The van der Waals surface area contributed by atoms with Crippen LogP contribution in [-0.4, -0.2) is 12.1 Å². The number of carbonyl (C=O) groups is 1. The molecule has 3 nitrogen and oxygen atoms in total. The Hall–Kier alpha value is -1.30. The molecule has 0 aromatic rings. The maximum Gasteiger partial charge on any atom is 0.309 e. The summed E-state index contributed by atoms with van der Waals surface area (Å²) in [5, 5.41) is 8.57. The van der Waals surface area contributed by atoms with Gasteiger partial charge in [0.15, 0.2) is 0 Å². The predicted molar refractivity (Wildman–Crippen MR) is 91.6 cm³/mol. The van der Waals surface area contributed by atoms with E-state index in [2.05, 4.69) is 13.0 Å². The molecule has 0 saturated heterocycles. The molecule has 0 heterocycles. The number of hydrogen-bond acceptors (Lipinski definition) is 3. The Morgan fingerprint density at radius 2 is 1.83 bits per heavy atom. The van der Waals surface area contributed by atoms with Crippen LogP contribution in [0.25, 0.3) is 0 Å². The second kappa shape index (κ2) is 9.75. The summed E-state index contributed by atoms with van der Waals surface area (Å²) in [6.45, 7) is 2.24. The van der Waals surface area contributed by atoms with Gasteiger partial charge in [0, 0.05) is 6.08 Å². The van der Waals surface area contributed by atoms with E-state index in [4.69, 9.17) is 10.00 Å². The van der Waals surface area contributed by atoms with Gasteiger partial charge >= 0.3 is 5.97 Å². The van der Waals surface area contributed by atoms with Crippen LogP contribution in [0.4, 0.5) is 0 Å². The Morgan fingerprint density at radius 1 is 1.13 bits per heavy atom. The minimum absolute atomic E-state index is 0.0509. The van der Waals surface area contributed by atoms with Gasteiger partial charge in [-0.15, -0.1) is 0 Å². The van der Waals surface area contributed by atoms with Gasteiger partial charge < -0.3 is 4.74 Å². The van der Waals surface area contributed by atoms with Crippen molar-refractivity contribution in [1.29, 1.82) is 5.26 Å². The Balaban J connectivity index is 1.66. The molecule has 2 rings (SSSR count). The minimum atomic E-state index is 0.0509. The van der Waals surface area contributed by atoms with Gasteiger partial charge in [-0.05, 0) is 63.2 Å². The summed E-state index contributed by atoms with van der Waals surface area (Å²) >= 11 is 0. The van der Waals surface area contributed by atoms with Gasteiger partial charge in [-0.3, -0.25) is 4.79 Å². The molecule has 128 valence electrons. The zero-order valence-electron chi connectivity index (χ0n) is 14.5. The van der Waals surface area contributed by atoms with Crippen molar-refractivity contribution < 1.29 is 9.53 Å². The number of unbranched alkanes of at least 4 members (excludes halogenated alkanes) is 1. The number of rotatable bonds is 6. The highest BCUT2D eigenvalue weighted by Gasteiger charge is 2.30. The fourth-order valence-electron chi connectivity index (χ4n) is 4.02. The van der Waals surface area contributed by atoms with E-state index in [1.54, 1.807) is 6.08 Å². The van der Waals surface area contributed by atoms with Crippen LogP contribution < -0.4 is 0 Å². The molecule has 0 amide bonds. The molecule has 2 fully saturated rings. The minimum Gasteiger partial charge on any atom is -0.462 e. The zero-order valence-corrected chi connectivity index (χ0v) is 14.5. The van der Waals surface area contributed by atoms with Crippen molar-refractivity contribution in [3.63, 3.8) is 0 Å². The first kappa shape index (κ1) is 18.0. The molecule has 2 aliphatic rings. The van der Waals surface area contributed by atoms with Crippen LogP contribution in [0.5, 0.6) is 0 Å². The molecular formula is C20H31NO2. The number of ether oxygens (including phenoxy) is 1. The van der Waals surface area contributed by atoms with Crippen LogP contribution in [0, 0.1) is 29.1 Å². The normalized spacial score (nSPS) is 31.7. The van der Waals surface area contributed by atoms with E-state index in [1.807, 2.05) is 6.08 Å². The van der Waals surface area contributed by atoms with Crippen LogP contribution in [-0.2, 0) is 9.53 Å². The van der Waals surface area contributed by atoms with Crippen molar-refractivity contribution in [1.82, 2.24) is 0 Å². The van der Waals surface area contributed by atoms with Gasteiger partial charge in [-0.1, -0.05) is 32.3 Å². The number of hydrogen-bond donors (Lipinski definition) is 0. The highest BCUT2D eigenvalue weighted by Crippen LogP contribution is 2.34. The second-order valence-electron chi connectivity index (χ2n) is 7.32. The van der Waals surface area contributed by atoms with Gasteiger partial charge in [-0.2, -0.15) is 5.26 Å². The van der Waals surface area contributed by atoms with E-state index in [-0.39, 0.29) is 18.0 Å². The molecule has 0 aromatic heterocycles. The molecule has 0 unspecified atom stereocenters. The molecule has 0 radical (unpaired) electrons. The van der Waals surface area contributed by atoms with Crippen molar-refractivity contribution in [3.05, 3.63) is 12.2 Å². The van der Waals surface area contributed by atoms with E-state index in [0.29, 0.717) is 5.92 Å². The predicted octanol–water partition coefficient (Wildman–Crippen LogP) is 5.16. The SMILES string of the molecule is CCCCC1CCC(C(=O)OC2CCC(/C=C/C#N)CC2)CC1. The first-order valence-electron chi connectivity index (χ1n) is 9.49. The third kappa shape index (κ3) is 6.01. The largest absolute Gasteiger partial charge is 0.462 e. The van der Waals surface area contributed by atoms with Crippen LogP contribution in [0.3, 0.4) is 0 Å². The molecular weight excluding hydrogens is 286 g/mol. The summed E-state index contributed by atoms with van der Waals surface area (Å²) in [6, 6.07) is 2.05. The van der Waals surface area contributed by atoms with Crippen molar-refractivity contribution in [3.8, 4) is 6.07 Å². The molecule has 23 heavy (non-hydrogen) atoms. The lowest BCUT2D eigenvalue weighted by atomic mass is 9.80. The molecule has 2 aliphatic carbocycles. The van der Waals surface area contributed by atoms with Crippen molar-refractivity contribution in [2.45, 2.75) is 83.7 Å². The standard InChI is InChI=1S/C20H31NO2/c1-2-3-5-16-7-11-18(12-8-16)20(22)23-19-13-9-17(10-14-19)6-4-15-21/h4,6,16-19H,2-3,5,7-14H2,1H3/b6-4+. The zero-order chi connectivity index (χ0) is 16.5. The van der Waals surface area contributed by atoms with E-state index in [1.165, 1.54) is 32.1 Å². The van der Waals surface area contributed by atoms with E-state index in [9.17, 15) is 4.79 Å². The first-order chi connectivity index (χ1) is 11.2. The van der Waals surface area contributed by atoms with Gasteiger partial charge in [0.1, 0.15) is 6.10 Å². The first-order valence-corrected chi connectivity index (χ1v) is 9.49. The lowest BCUT2D eigenvalue weighted by molar-refractivity contribution is -0.157. The average molecular weight is 317 g/mol. The molecule has 2 saturated carbocycles. The Bertz CT molecular complexity index is 421. The molecule has 0 aliphatic heterocycles. The highest BCUT2D eigenvalue weighted by atomic mass is 16.5. The van der Waals surface area contributed by atoms with Crippen LogP contribution in [0.2, 0.25) is 0 Å².